The summed E-state index contributed by atoms with van der Waals surface area (Å²) in [6.07, 6.45) is 0. The second kappa shape index (κ2) is 10.1. The number of benzene rings is 3. The Kier molecular flexibility index (Phi) is 7.27. The molecule has 0 atom stereocenters. The molecule has 1 N–H and O–H groups in total. The highest BCUT2D eigenvalue weighted by Crippen LogP contribution is 2.23. The van der Waals surface area contributed by atoms with E-state index in [0.717, 1.165) is 5.56 Å². The van der Waals surface area contributed by atoms with Gasteiger partial charge in [-0.1, -0.05) is 53.5 Å². The summed E-state index contributed by atoms with van der Waals surface area (Å²) in [5, 5.41) is 3.03. The molecule has 5 nitrogen and oxygen atoms in total. The van der Waals surface area contributed by atoms with Gasteiger partial charge in [-0.3, -0.25) is 4.79 Å². The molecule has 0 unspecified atom stereocenters. The van der Waals surface area contributed by atoms with Crippen LogP contribution in [0.5, 0.6) is 11.5 Å². The van der Waals surface area contributed by atoms with Crippen LogP contribution in [0.15, 0.2) is 66.7 Å². The molecule has 3 aromatic carbocycles. The smallest absolute Gasteiger partial charge is 0.349 e. The first kappa shape index (κ1) is 21.6. The number of halogens is 3. The van der Waals surface area contributed by atoms with Gasteiger partial charge in [0.15, 0.2) is 6.61 Å². The average Bonchev–Trinajstić information content (AvgIpc) is 2.72. The Bertz CT molecular complexity index is 1040. The highest BCUT2D eigenvalue weighted by atomic mass is 35.5. The minimum atomic E-state index is -0.693. The van der Waals surface area contributed by atoms with E-state index >= 15 is 0 Å². The highest BCUT2D eigenvalue weighted by molar-refractivity contribution is 6.33. The fourth-order valence-electron chi connectivity index (χ4n) is 2.52. The van der Waals surface area contributed by atoms with E-state index in [1.165, 1.54) is 18.2 Å². The summed E-state index contributed by atoms with van der Waals surface area (Å²) in [7, 11) is 0. The molecule has 1 amide bonds. The number of para-hydroxylation sites is 1. The van der Waals surface area contributed by atoms with Crippen LogP contribution < -0.4 is 14.8 Å². The minimum absolute atomic E-state index is 0.0359. The molecule has 0 saturated heterocycles. The van der Waals surface area contributed by atoms with Crippen LogP contribution >= 0.6 is 23.2 Å². The van der Waals surface area contributed by atoms with Crippen molar-refractivity contribution in [2.45, 2.75) is 6.54 Å². The summed E-state index contributed by atoms with van der Waals surface area (Å²) in [5.41, 5.74) is 0.520. The Morgan fingerprint density at radius 1 is 0.900 bits per heavy atom. The molecule has 0 spiro atoms. The molecule has 0 aliphatic rings. The van der Waals surface area contributed by atoms with Crippen LogP contribution in [0.3, 0.4) is 0 Å². The van der Waals surface area contributed by atoms with Crippen molar-refractivity contribution in [3.8, 4) is 11.5 Å². The van der Waals surface area contributed by atoms with Gasteiger partial charge in [-0.2, -0.15) is 0 Å². The maximum Gasteiger partial charge on any atom is 0.349 e. The molecule has 8 heteroatoms. The van der Waals surface area contributed by atoms with Crippen LogP contribution in [0.4, 0.5) is 4.39 Å². The Morgan fingerprint density at radius 3 is 2.30 bits per heavy atom. The first-order valence-electron chi connectivity index (χ1n) is 8.83. The highest BCUT2D eigenvalue weighted by Gasteiger charge is 2.15. The SMILES string of the molecule is O=C(COc1ccccc1Cl)Oc1ccc(CNC(=O)c2c(F)cccc2Cl)cc1. The van der Waals surface area contributed by atoms with Crippen molar-refractivity contribution in [3.05, 3.63) is 93.7 Å². The molecule has 30 heavy (non-hydrogen) atoms. The number of rotatable bonds is 7. The standard InChI is InChI=1S/C22H16Cl2FNO4/c23-16-4-1-2-7-19(16)29-13-20(27)30-15-10-8-14(9-11-15)12-26-22(28)21-17(24)5-3-6-18(21)25/h1-11H,12-13H2,(H,26,28). The zero-order chi connectivity index (χ0) is 21.5. The maximum absolute atomic E-state index is 13.8. The quantitative estimate of drug-likeness (QED) is 0.406. The summed E-state index contributed by atoms with van der Waals surface area (Å²) < 4.78 is 24.3. The van der Waals surface area contributed by atoms with Crippen LogP contribution in [0.25, 0.3) is 0 Å². The molecule has 154 valence electrons. The van der Waals surface area contributed by atoms with E-state index in [0.29, 0.717) is 16.5 Å². The zero-order valence-electron chi connectivity index (χ0n) is 15.5. The van der Waals surface area contributed by atoms with Crippen LogP contribution in [-0.2, 0) is 11.3 Å². The molecule has 3 aromatic rings. The second-order valence-corrected chi connectivity index (χ2v) is 6.93. The number of ether oxygens (including phenoxy) is 2. The molecule has 0 fully saturated rings. The van der Waals surface area contributed by atoms with E-state index in [1.807, 2.05) is 0 Å². The van der Waals surface area contributed by atoms with E-state index in [2.05, 4.69) is 5.32 Å². The molecular weight excluding hydrogens is 432 g/mol. The number of esters is 1. The lowest BCUT2D eigenvalue weighted by Gasteiger charge is -2.09. The fourth-order valence-corrected chi connectivity index (χ4v) is 2.96. The molecule has 0 aromatic heterocycles. The zero-order valence-corrected chi connectivity index (χ0v) is 17.0. The molecule has 0 aliphatic carbocycles. The second-order valence-electron chi connectivity index (χ2n) is 6.12. The van der Waals surface area contributed by atoms with Gasteiger partial charge in [0, 0.05) is 6.54 Å². The Hall–Kier alpha value is -3.09. The van der Waals surface area contributed by atoms with Gasteiger partial charge in [0.25, 0.3) is 5.91 Å². The molecule has 0 radical (unpaired) electrons. The lowest BCUT2D eigenvalue weighted by Crippen LogP contribution is -2.24. The van der Waals surface area contributed by atoms with Crippen LogP contribution in [0, 0.1) is 5.82 Å². The van der Waals surface area contributed by atoms with Gasteiger partial charge in [0.05, 0.1) is 15.6 Å². The van der Waals surface area contributed by atoms with Gasteiger partial charge in [-0.15, -0.1) is 0 Å². The van der Waals surface area contributed by atoms with Crippen molar-refractivity contribution in [3.63, 3.8) is 0 Å². The van der Waals surface area contributed by atoms with E-state index in [4.69, 9.17) is 32.7 Å². The third-order valence-electron chi connectivity index (χ3n) is 3.98. The van der Waals surface area contributed by atoms with Crippen molar-refractivity contribution >= 4 is 35.1 Å². The molecule has 3 rings (SSSR count). The summed E-state index contributed by atoms with van der Waals surface area (Å²) in [6, 6.07) is 17.3. The Labute approximate surface area is 182 Å². The summed E-state index contributed by atoms with van der Waals surface area (Å²) in [5.74, 6) is -1.20. The van der Waals surface area contributed by atoms with Gasteiger partial charge >= 0.3 is 5.97 Å². The predicted octanol–water partition coefficient (Wildman–Crippen LogP) is 5.05. The van der Waals surface area contributed by atoms with Crippen molar-refractivity contribution in [1.82, 2.24) is 5.32 Å². The van der Waals surface area contributed by atoms with E-state index < -0.39 is 17.7 Å². The number of carbonyl (C=O) groups excluding carboxylic acids is 2. The number of nitrogens with one attached hydrogen (secondary N) is 1. The van der Waals surface area contributed by atoms with Gasteiger partial charge in [-0.25, -0.2) is 9.18 Å². The van der Waals surface area contributed by atoms with Crippen LogP contribution in [0.2, 0.25) is 10.0 Å². The molecular formula is C22H16Cl2FNO4. The van der Waals surface area contributed by atoms with Crippen LogP contribution in [0.1, 0.15) is 15.9 Å². The summed E-state index contributed by atoms with van der Waals surface area (Å²) in [4.78, 5) is 24.1. The summed E-state index contributed by atoms with van der Waals surface area (Å²) >= 11 is 11.8. The first-order valence-corrected chi connectivity index (χ1v) is 9.59. The fraction of sp³-hybridized carbons (Fsp3) is 0.0909. The lowest BCUT2D eigenvalue weighted by molar-refractivity contribution is -0.136. The molecule has 0 saturated carbocycles. The Balaban J connectivity index is 1.50. The number of hydrogen-bond donors (Lipinski definition) is 1. The van der Waals surface area contributed by atoms with Crippen molar-refractivity contribution in [1.29, 1.82) is 0 Å². The minimum Gasteiger partial charge on any atom is -0.480 e. The van der Waals surface area contributed by atoms with Crippen molar-refractivity contribution in [2.75, 3.05) is 6.61 Å². The number of amides is 1. The van der Waals surface area contributed by atoms with E-state index in [1.54, 1.807) is 48.5 Å². The predicted molar refractivity (Wildman–Crippen MR) is 112 cm³/mol. The molecule has 0 heterocycles. The lowest BCUT2D eigenvalue weighted by atomic mass is 10.1. The average molecular weight is 448 g/mol. The monoisotopic (exact) mass is 447 g/mol. The van der Waals surface area contributed by atoms with E-state index in [-0.39, 0.29) is 23.7 Å². The number of carbonyl (C=O) groups is 2. The largest absolute Gasteiger partial charge is 0.480 e. The Morgan fingerprint density at radius 2 is 1.60 bits per heavy atom. The molecule has 0 bridgehead atoms. The molecule has 0 aliphatic heterocycles. The van der Waals surface area contributed by atoms with Crippen molar-refractivity contribution < 1.29 is 23.5 Å². The third kappa shape index (κ3) is 5.72. The van der Waals surface area contributed by atoms with E-state index in [9.17, 15) is 14.0 Å². The van der Waals surface area contributed by atoms with Crippen molar-refractivity contribution in [2.24, 2.45) is 0 Å². The normalized spacial score (nSPS) is 10.4. The topological polar surface area (TPSA) is 64.6 Å². The third-order valence-corrected chi connectivity index (χ3v) is 4.61. The summed E-state index contributed by atoms with van der Waals surface area (Å²) in [6.45, 7) is -0.154. The maximum atomic E-state index is 13.8. The van der Waals surface area contributed by atoms with Crippen LogP contribution in [-0.4, -0.2) is 18.5 Å². The first-order chi connectivity index (χ1) is 14.4. The van der Waals surface area contributed by atoms with Gasteiger partial charge in [0.1, 0.15) is 17.3 Å². The van der Waals surface area contributed by atoms with Gasteiger partial charge in [-0.05, 0) is 42.0 Å². The van der Waals surface area contributed by atoms with Gasteiger partial charge in [0.2, 0.25) is 0 Å². The number of hydrogen-bond acceptors (Lipinski definition) is 4. The van der Waals surface area contributed by atoms with Gasteiger partial charge < -0.3 is 14.8 Å².